The molecule has 3 atom stereocenters. The van der Waals surface area contributed by atoms with Gasteiger partial charge in [0.25, 0.3) is 5.91 Å². The van der Waals surface area contributed by atoms with E-state index < -0.39 is 28.7 Å². The first kappa shape index (κ1) is 24.4. The molecular formula is C23H26ClFN2O4S. The summed E-state index contributed by atoms with van der Waals surface area (Å²) in [5.41, 5.74) is 1.16. The molecule has 0 saturated carbocycles. The highest BCUT2D eigenvalue weighted by atomic mass is 35.5. The molecule has 0 N–H and O–H groups in total. The fourth-order valence-corrected chi connectivity index (χ4v) is 4.95. The van der Waals surface area contributed by atoms with Gasteiger partial charge in [0, 0.05) is 41.4 Å². The Labute approximate surface area is 195 Å². The lowest BCUT2D eigenvalue weighted by molar-refractivity contribution is -0.139. The molecule has 6 nitrogen and oxygen atoms in total. The zero-order valence-corrected chi connectivity index (χ0v) is 19.8. The number of carbonyl (C=O) groups is 2. The standard InChI is InChI=1S/C23H26ClFN2O4S/c1-4-31-22(28)14-32(30)21-9-8-17(12-20(21)25)23(29)27-11-10-26(15(2)16(27)3)19-7-5-6-18(24)13-19/h5-9,12-13,15-16H,4,10-11,14H2,1-3H3/t15-,16-,32?/m0/s1. The van der Waals surface area contributed by atoms with E-state index in [9.17, 15) is 18.5 Å². The average molecular weight is 481 g/mol. The highest BCUT2D eigenvalue weighted by Gasteiger charge is 2.34. The van der Waals surface area contributed by atoms with Crippen molar-refractivity contribution < 1.29 is 23.3 Å². The number of carbonyl (C=O) groups excluding carboxylic acids is 2. The number of nitrogens with zero attached hydrogens (tertiary/aromatic N) is 2. The summed E-state index contributed by atoms with van der Waals surface area (Å²) in [5.74, 6) is -2.17. The Bertz CT molecular complexity index is 992. The summed E-state index contributed by atoms with van der Waals surface area (Å²) in [6, 6.07) is 11.3. The number of esters is 1. The van der Waals surface area contributed by atoms with Crippen molar-refractivity contribution in [2.24, 2.45) is 0 Å². The minimum absolute atomic E-state index is 0.0207. The second-order valence-corrected chi connectivity index (χ2v) is 9.45. The second kappa shape index (κ2) is 10.6. The van der Waals surface area contributed by atoms with Gasteiger partial charge in [-0.3, -0.25) is 4.79 Å². The fraction of sp³-hybridized carbons (Fsp3) is 0.391. The molecule has 1 fully saturated rings. The van der Waals surface area contributed by atoms with E-state index in [1.807, 2.05) is 38.1 Å². The van der Waals surface area contributed by atoms with Gasteiger partial charge in [0.05, 0.1) is 6.61 Å². The maximum absolute atomic E-state index is 14.6. The largest absolute Gasteiger partial charge is 0.611 e. The van der Waals surface area contributed by atoms with E-state index in [1.54, 1.807) is 11.8 Å². The monoisotopic (exact) mass is 480 g/mol. The van der Waals surface area contributed by atoms with Crippen LogP contribution in [0.25, 0.3) is 0 Å². The van der Waals surface area contributed by atoms with Crippen molar-refractivity contribution in [3.8, 4) is 0 Å². The summed E-state index contributed by atoms with van der Waals surface area (Å²) >= 11 is 4.24. The van der Waals surface area contributed by atoms with Crippen LogP contribution in [0.5, 0.6) is 0 Å². The molecule has 2 aromatic rings. The number of hydrogen-bond acceptors (Lipinski definition) is 5. The molecule has 0 spiro atoms. The van der Waals surface area contributed by atoms with E-state index in [0.717, 1.165) is 11.8 Å². The summed E-state index contributed by atoms with van der Waals surface area (Å²) < 4.78 is 31.7. The molecule has 1 aliphatic rings. The van der Waals surface area contributed by atoms with Crippen LogP contribution in [0, 0.1) is 5.82 Å². The molecule has 9 heteroatoms. The van der Waals surface area contributed by atoms with Crippen LogP contribution in [0.1, 0.15) is 31.1 Å². The lowest BCUT2D eigenvalue weighted by Gasteiger charge is -2.46. The molecule has 1 saturated heterocycles. The van der Waals surface area contributed by atoms with Gasteiger partial charge in [0.2, 0.25) is 5.75 Å². The highest BCUT2D eigenvalue weighted by molar-refractivity contribution is 7.92. The number of rotatable bonds is 6. The van der Waals surface area contributed by atoms with Crippen LogP contribution < -0.4 is 4.90 Å². The predicted octanol–water partition coefficient (Wildman–Crippen LogP) is 3.89. The Morgan fingerprint density at radius 3 is 2.59 bits per heavy atom. The second-order valence-electron chi connectivity index (χ2n) is 7.59. The summed E-state index contributed by atoms with van der Waals surface area (Å²) in [6.45, 7) is 6.87. The number of piperazine rings is 1. The van der Waals surface area contributed by atoms with Gasteiger partial charge in [-0.15, -0.1) is 0 Å². The van der Waals surface area contributed by atoms with Gasteiger partial charge in [-0.05, 0) is 68.3 Å². The lowest BCUT2D eigenvalue weighted by Crippen LogP contribution is -2.59. The van der Waals surface area contributed by atoms with E-state index in [1.165, 1.54) is 12.1 Å². The van der Waals surface area contributed by atoms with Crippen molar-refractivity contribution in [3.05, 3.63) is 58.9 Å². The van der Waals surface area contributed by atoms with Gasteiger partial charge in [0.15, 0.2) is 10.7 Å². The zero-order chi connectivity index (χ0) is 23.4. The molecule has 1 heterocycles. The molecule has 172 valence electrons. The maximum Gasteiger partial charge on any atom is 0.356 e. The normalized spacial score (nSPS) is 19.6. The van der Waals surface area contributed by atoms with E-state index in [0.29, 0.717) is 18.1 Å². The minimum Gasteiger partial charge on any atom is -0.611 e. The minimum atomic E-state index is -1.89. The fourth-order valence-electron chi connectivity index (χ4n) is 3.82. The molecule has 1 aliphatic heterocycles. The van der Waals surface area contributed by atoms with Crippen molar-refractivity contribution in [3.63, 3.8) is 0 Å². The van der Waals surface area contributed by atoms with Gasteiger partial charge in [0.1, 0.15) is 0 Å². The number of benzene rings is 2. The first-order valence-electron chi connectivity index (χ1n) is 10.4. The summed E-state index contributed by atoms with van der Waals surface area (Å²) in [4.78, 5) is 28.4. The first-order chi connectivity index (χ1) is 15.2. The van der Waals surface area contributed by atoms with Gasteiger partial charge in [-0.25, -0.2) is 9.18 Å². The number of ether oxygens (including phenoxy) is 1. The van der Waals surface area contributed by atoms with Crippen LogP contribution in [-0.4, -0.2) is 58.9 Å². The third-order valence-corrected chi connectivity index (χ3v) is 7.20. The van der Waals surface area contributed by atoms with Crippen LogP contribution in [0.2, 0.25) is 5.02 Å². The van der Waals surface area contributed by atoms with E-state index in [4.69, 9.17) is 16.3 Å². The lowest BCUT2D eigenvalue weighted by atomic mass is 10.0. The van der Waals surface area contributed by atoms with Crippen LogP contribution in [0.3, 0.4) is 0 Å². The summed E-state index contributed by atoms with van der Waals surface area (Å²) in [6.07, 6.45) is 0. The van der Waals surface area contributed by atoms with E-state index in [-0.39, 0.29) is 35.1 Å². The Kier molecular flexibility index (Phi) is 8.03. The summed E-state index contributed by atoms with van der Waals surface area (Å²) in [5, 5.41) is 0.650. The molecule has 0 aromatic heterocycles. The number of halogens is 2. The van der Waals surface area contributed by atoms with Crippen molar-refractivity contribution >= 4 is 40.3 Å². The Morgan fingerprint density at radius 1 is 1.19 bits per heavy atom. The Hall–Kier alpha value is -2.29. The molecule has 0 bridgehead atoms. The molecule has 3 rings (SSSR count). The zero-order valence-electron chi connectivity index (χ0n) is 18.2. The maximum atomic E-state index is 14.6. The third-order valence-electron chi connectivity index (χ3n) is 5.64. The predicted molar refractivity (Wildman–Crippen MR) is 123 cm³/mol. The number of amides is 1. The molecule has 0 radical (unpaired) electrons. The quantitative estimate of drug-likeness (QED) is 0.463. The van der Waals surface area contributed by atoms with Crippen LogP contribution in [0.15, 0.2) is 47.4 Å². The van der Waals surface area contributed by atoms with Crippen molar-refractivity contribution in [1.82, 2.24) is 4.90 Å². The topological polar surface area (TPSA) is 72.9 Å². The number of hydrogen-bond donors (Lipinski definition) is 0. The smallest absolute Gasteiger partial charge is 0.356 e. The van der Waals surface area contributed by atoms with Crippen LogP contribution in [0.4, 0.5) is 10.1 Å². The molecule has 1 amide bonds. The van der Waals surface area contributed by atoms with Crippen LogP contribution >= 0.6 is 11.6 Å². The van der Waals surface area contributed by atoms with E-state index in [2.05, 4.69) is 4.90 Å². The third kappa shape index (κ3) is 5.36. The molecule has 32 heavy (non-hydrogen) atoms. The Morgan fingerprint density at radius 2 is 1.94 bits per heavy atom. The highest BCUT2D eigenvalue weighted by Crippen LogP contribution is 2.28. The molecule has 0 aliphatic carbocycles. The van der Waals surface area contributed by atoms with E-state index >= 15 is 0 Å². The van der Waals surface area contributed by atoms with Gasteiger partial charge in [-0.1, -0.05) is 17.7 Å². The SMILES string of the molecule is CCOC(=O)C[S+]([O-])c1ccc(C(=O)N2CCN(c3cccc(Cl)c3)[C@@H](C)[C@@H]2C)cc1F. The summed E-state index contributed by atoms with van der Waals surface area (Å²) in [7, 11) is 0. The van der Waals surface area contributed by atoms with Gasteiger partial charge >= 0.3 is 5.97 Å². The van der Waals surface area contributed by atoms with Gasteiger partial charge < -0.3 is 19.1 Å². The van der Waals surface area contributed by atoms with Crippen molar-refractivity contribution in [2.45, 2.75) is 37.8 Å². The number of anilines is 1. The average Bonchev–Trinajstić information content (AvgIpc) is 2.75. The van der Waals surface area contributed by atoms with Gasteiger partial charge in [-0.2, -0.15) is 0 Å². The van der Waals surface area contributed by atoms with Crippen LogP contribution in [-0.2, 0) is 20.7 Å². The first-order valence-corrected chi connectivity index (χ1v) is 12.1. The van der Waals surface area contributed by atoms with Crippen molar-refractivity contribution in [2.75, 3.05) is 30.3 Å². The Balaban J connectivity index is 1.72. The molecular weight excluding hydrogens is 455 g/mol. The molecule has 2 aromatic carbocycles. The molecule has 1 unspecified atom stereocenters. The van der Waals surface area contributed by atoms with Crippen molar-refractivity contribution in [1.29, 1.82) is 0 Å².